The highest BCUT2D eigenvalue weighted by molar-refractivity contribution is 7.90. The van der Waals surface area contributed by atoms with Crippen molar-refractivity contribution < 1.29 is 31.3 Å². The van der Waals surface area contributed by atoms with E-state index in [9.17, 15) is 13.0 Å². The highest BCUT2D eigenvalue weighted by Crippen LogP contribution is 2.55. The molecular formula is C33H46N3O7PS. The van der Waals surface area contributed by atoms with Gasteiger partial charge in [0, 0.05) is 36.3 Å². The third-order valence-electron chi connectivity index (χ3n) is 6.71. The Balaban J connectivity index is 1.45. The molecule has 4 rings (SSSR count). The largest absolute Gasteiger partial charge is 0.491 e. The monoisotopic (exact) mass is 659 g/mol. The Bertz CT molecular complexity index is 1790. The van der Waals surface area contributed by atoms with E-state index in [4.69, 9.17) is 18.3 Å². The van der Waals surface area contributed by atoms with Gasteiger partial charge < -0.3 is 14.6 Å². The van der Waals surface area contributed by atoms with Gasteiger partial charge in [-0.3, -0.25) is 13.6 Å². The number of hydrogen-bond acceptors (Lipinski definition) is 9. The second-order valence-electron chi connectivity index (χ2n) is 13.4. The first-order valence-electron chi connectivity index (χ1n) is 15.0. The predicted molar refractivity (Wildman–Crippen MR) is 180 cm³/mol. The van der Waals surface area contributed by atoms with E-state index in [-0.39, 0.29) is 11.5 Å². The Morgan fingerprint density at radius 2 is 1.64 bits per heavy atom. The molecule has 1 N–H and O–H groups in total. The standard InChI is InChI=1S/C33H46N3O7PS/c1-23-20-27-29-26(24-12-10-13-25(21-24)45(9,38)39)14-15-28(30(29)35-31(27)34-22-23)40-18-11-16-36(8)17-19-41-44(37,42-32(2,3)4)43-33(5,6)7/h10,12-15,20-22H,11,16-19H2,1-9H3,(H,34,35). The topological polar surface area (TPSA) is 120 Å². The molecule has 4 aromatic rings. The van der Waals surface area contributed by atoms with Crippen LogP contribution in [0.15, 0.2) is 53.6 Å². The van der Waals surface area contributed by atoms with Gasteiger partial charge in [-0.1, -0.05) is 12.1 Å². The van der Waals surface area contributed by atoms with Gasteiger partial charge in [0.2, 0.25) is 0 Å². The Morgan fingerprint density at radius 1 is 0.956 bits per heavy atom. The zero-order valence-electron chi connectivity index (χ0n) is 27.8. The maximum absolute atomic E-state index is 13.3. The molecule has 0 spiro atoms. The fourth-order valence-electron chi connectivity index (χ4n) is 4.90. The van der Waals surface area contributed by atoms with Gasteiger partial charge in [-0.05, 0) is 109 Å². The molecular weight excluding hydrogens is 613 g/mol. The first-order chi connectivity index (χ1) is 20.8. The Kier molecular flexibility index (Phi) is 10.5. The zero-order valence-corrected chi connectivity index (χ0v) is 29.5. The van der Waals surface area contributed by atoms with Crippen LogP contribution in [-0.2, 0) is 28.0 Å². The lowest BCUT2D eigenvalue weighted by atomic mass is 9.99. The molecule has 2 heterocycles. The average Bonchev–Trinajstić information content (AvgIpc) is 3.27. The number of ether oxygens (including phenoxy) is 1. The lowest BCUT2D eigenvalue weighted by Gasteiger charge is -2.31. The van der Waals surface area contributed by atoms with E-state index in [0.29, 0.717) is 18.9 Å². The summed E-state index contributed by atoms with van der Waals surface area (Å²) in [6, 6.07) is 12.9. The molecule has 0 fully saturated rings. The third-order valence-corrected chi connectivity index (χ3v) is 9.86. The second kappa shape index (κ2) is 13.5. The molecule has 0 aliphatic carbocycles. The number of nitrogens with zero attached hydrogens (tertiary/aromatic N) is 2. The number of H-pyrrole nitrogens is 1. The lowest BCUT2D eigenvalue weighted by molar-refractivity contribution is 0.00155. The molecule has 0 aliphatic heterocycles. The van der Waals surface area contributed by atoms with Crippen molar-refractivity contribution in [1.29, 1.82) is 0 Å². The highest BCUT2D eigenvalue weighted by Gasteiger charge is 2.37. The number of phosphoric acid groups is 1. The molecule has 12 heteroatoms. The summed E-state index contributed by atoms with van der Waals surface area (Å²) >= 11 is 0. The van der Waals surface area contributed by atoms with Gasteiger partial charge >= 0.3 is 7.82 Å². The summed E-state index contributed by atoms with van der Waals surface area (Å²) in [5.74, 6) is 0.689. The SMILES string of the molecule is Cc1cnc2[nH]c3c(OCCCN(C)CCOP(=O)(OC(C)(C)C)OC(C)(C)C)ccc(-c4cccc(S(C)(=O)=O)c4)c3c2c1. The van der Waals surface area contributed by atoms with Crippen LogP contribution in [0, 0.1) is 6.92 Å². The molecule has 45 heavy (non-hydrogen) atoms. The summed E-state index contributed by atoms with van der Waals surface area (Å²) in [7, 11) is -5.16. The van der Waals surface area contributed by atoms with Crippen molar-refractivity contribution in [3.8, 4) is 16.9 Å². The summed E-state index contributed by atoms with van der Waals surface area (Å²) in [5.41, 5.74) is 2.87. The molecule has 0 radical (unpaired) electrons. The molecule has 246 valence electrons. The molecule has 0 saturated carbocycles. The molecule has 2 aromatic heterocycles. The van der Waals surface area contributed by atoms with Gasteiger partial charge in [-0.15, -0.1) is 0 Å². The fourth-order valence-corrected chi connectivity index (χ4v) is 7.36. The Hall–Kier alpha value is -2.79. The number of aryl methyl sites for hydroxylation is 1. The van der Waals surface area contributed by atoms with Gasteiger partial charge in [0.15, 0.2) is 9.84 Å². The van der Waals surface area contributed by atoms with Gasteiger partial charge in [-0.2, -0.15) is 0 Å². The van der Waals surface area contributed by atoms with Gasteiger partial charge in [0.25, 0.3) is 0 Å². The van der Waals surface area contributed by atoms with Gasteiger partial charge in [0.05, 0.1) is 34.8 Å². The first kappa shape index (κ1) is 35.1. The number of rotatable bonds is 13. The number of fused-ring (bicyclic) bond motifs is 3. The van der Waals surface area contributed by atoms with Crippen LogP contribution < -0.4 is 4.74 Å². The van der Waals surface area contributed by atoms with Crippen LogP contribution in [0.1, 0.15) is 53.5 Å². The van der Waals surface area contributed by atoms with Crippen LogP contribution >= 0.6 is 7.82 Å². The molecule has 2 aromatic carbocycles. The molecule has 0 amide bonds. The van der Waals surface area contributed by atoms with Crippen molar-refractivity contribution in [3.05, 3.63) is 54.2 Å². The number of pyridine rings is 1. The fraction of sp³-hybridized carbons (Fsp3) is 0.485. The van der Waals surface area contributed by atoms with Crippen LogP contribution in [0.4, 0.5) is 0 Å². The van der Waals surface area contributed by atoms with Crippen LogP contribution in [0.3, 0.4) is 0 Å². The Labute approximate surface area is 267 Å². The van der Waals surface area contributed by atoms with Crippen molar-refractivity contribution in [3.63, 3.8) is 0 Å². The van der Waals surface area contributed by atoms with Gasteiger partial charge in [-0.25, -0.2) is 18.0 Å². The number of nitrogens with one attached hydrogen (secondary N) is 1. The van der Waals surface area contributed by atoms with Gasteiger partial charge in [0.1, 0.15) is 11.4 Å². The molecule has 0 saturated heterocycles. The van der Waals surface area contributed by atoms with E-state index in [1.54, 1.807) is 18.2 Å². The smallest absolute Gasteiger partial charge is 0.475 e. The number of hydrogen-bond donors (Lipinski definition) is 1. The first-order valence-corrected chi connectivity index (χ1v) is 18.4. The lowest BCUT2D eigenvalue weighted by Crippen LogP contribution is -2.28. The van der Waals surface area contributed by atoms with E-state index < -0.39 is 28.9 Å². The Morgan fingerprint density at radius 3 is 2.29 bits per heavy atom. The van der Waals surface area contributed by atoms with E-state index >= 15 is 0 Å². The van der Waals surface area contributed by atoms with E-state index in [1.807, 2.05) is 79.9 Å². The third kappa shape index (κ3) is 9.61. The summed E-state index contributed by atoms with van der Waals surface area (Å²) in [4.78, 5) is 10.4. The van der Waals surface area contributed by atoms with Crippen LogP contribution in [-0.4, -0.2) is 74.1 Å². The maximum Gasteiger partial charge on any atom is 0.475 e. The minimum absolute atomic E-state index is 0.185. The summed E-state index contributed by atoms with van der Waals surface area (Å²) in [6.07, 6.45) is 3.76. The number of phosphoric ester groups is 1. The van der Waals surface area contributed by atoms with E-state index in [2.05, 4.69) is 20.9 Å². The maximum atomic E-state index is 13.3. The van der Waals surface area contributed by atoms with Crippen molar-refractivity contribution in [2.24, 2.45) is 0 Å². The second-order valence-corrected chi connectivity index (χ2v) is 16.9. The molecule has 0 aliphatic rings. The molecule has 0 bridgehead atoms. The van der Waals surface area contributed by atoms with Crippen molar-refractivity contribution in [1.82, 2.24) is 14.9 Å². The molecule has 0 atom stereocenters. The number of aromatic amines is 1. The highest BCUT2D eigenvalue weighted by atomic mass is 32.2. The van der Waals surface area contributed by atoms with E-state index in [0.717, 1.165) is 51.6 Å². The van der Waals surface area contributed by atoms with Crippen molar-refractivity contribution in [2.45, 2.75) is 71.0 Å². The zero-order chi connectivity index (χ0) is 33.2. The van der Waals surface area contributed by atoms with Crippen molar-refractivity contribution >= 4 is 39.6 Å². The number of benzene rings is 2. The normalized spacial score (nSPS) is 13.3. The minimum atomic E-state index is -3.76. The number of likely N-dealkylation sites (N-methyl/N-ethyl adjacent to an activating group) is 1. The molecule has 0 unspecified atom stereocenters. The average molecular weight is 660 g/mol. The van der Waals surface area contributed by atoms with Crippen molar-refractivity contribution in [2.75, 3.05) is 39.6 Å². The minimum Gasteiger partial charge on any atom is -0.491 e. The predicted octanol–water partition coefficient (Wildman–Crippen LogP) is 7.55. The summed E-state index contributed by atoms with van der Waals surface area (Å²) in [5, 5.41) is 1.87. The van der Waals surface area contributed by atoms with Crippen LogP contribution in [0.2, 0.25) is 0 Å². The number of sulfone groups is 1. The van der Waals surface area contributed by atoms with Crippen LogP contribution in [0.25, 0.3) is 33.1 Å². The summed E-state index contributed by atoms with van der Waals surface area (Å²) < 4.78 is 61.1. The van der Waals surface area contributed by atoms with E-state index in [1.165, 1.54) is 6.26 Å². The number of aromatic nitrogens is 2. The molecule has 10 nitrogen and oxygen atoms in total. The van der Waals surface area contributed by atoms with Crippen LogP contribution in [0.5, 0.6) is 5.75 Å². The quantitative estimate of drug-likeness (QED) is 0.115. The summed E-state index contributed by atoms with van der Waals surface area (Å²) in [6.45, 7) is 14.8.